The van der Waals surface area contributed by atoms with Crippen molar-refractivity contribution in [3.8, 4) is 0 Å². The topological polar surface area (TPSA) is 108 Å². The van der Waals surface area contributed by atoms with Gasteiger partial charge in [-0.25, -0.2) is 9.78 Å². The first kappa shape index (κ1) is 26.1. The first-order valence-corrected chi connectivity index (χ1v) is 12.4. The van der Waals surface area contributed by atoms with Crippen molar-refractivity contribution in [1.29, 1.82) is 0 Å². The molecule has 0 aliphatic carbocycles. The fraction of sp³-hybridized carbons (Fsp3) is 0.296. The van der Waals surface area contributed by atoms with Crippen LogP contribution >= 0.6 is 11.6 Å². The van der Waals surface area contributed by atoms with Gasteiger partial charge in [0.2, 0.25) is 5.91 Å². The predicted octanol–water partition coefficient (Wildman–Crippen LogP) is 4.07. The second-order valence-corrected chi connectivity index (χ2v) is 9.27. The minimum atomic E-state index is -0.964. The van der Waals surface area contributed by atoms with Crippen LogP contribution in [0.3, 0.4) is 0 Å². The lowest BCUT2D eigenvalue weighted by Crippen LogP contribution is -2.70. The molecule has 0 bridgehead atoms. The molecule has 0 saturated carbocycles. The molecule has 1 aliphatic heterocycles. The molecule has 3 heterocycles. The van der Waals surface area contributed by atoms with Crippen LogP contribution in [0.1, 0.15) is 30.5 Å². The average molecular weight is 521 g/mol. The Morgan fingerprint density at radius 2 is 1.89 bits per heavy atom. The standard InChI is InChI=1S/C27H29ClN6O3/c1-4-22(18-6-5-7-19(28)16-18)32-27(37)34-24(26(36)33(3)20-9-11-30-12-10-20)21(25(34)35)14-17-8-13-31-23(15-17)29-2/h5-13,15-16,21-22,24H,4,14H2,1-3H3,(H,29,31)(H,32,37)/t21-,22-,24+/m1/s1. The second-order valence-electron chi connectivity index (χ2n) is 8.83. The highest BCUT2D eigenvalue weighted by molar-refractivity contribution is 6.30. The molecule has 2 N–H and O–H groups in total. The lowest BCUT2D eigenvalue weighted by molar-refractivity contribution is -0.156. The summed E-state index contributed by atoms with van der Waals surface area (Å²) in [6, 6.07) is 12.3. The summed E-state index contributed by atoms with van der Waals surface area (Å²) in [7, 11) is 3.38. The van der Waals surface area contributed by atoms with Crippen molar-refractivity contribution in [1.82, 2.24) is 20.2 Å². The monoisotopic (exact) mass is 520 g/mol. The largest absolute Gasteiger partial charge is 0.373 e. The van der Waals surface area contributed by atoms with Gasteiger partial charge in [-0.15, -0.1) is 0 Å². The molecule has 10 heteroatoms. The highest BCUT2D eigenvalue weighted by atomic mass is 35.5. The number of pyridine rings is 2. The van der Waals surface area contributed by atoms with E-state index in [4.69, 9.17) is 11.6 Å². The van der Waals surface area contributed by atoms with Crippen molar-refractivity contribution in [2.75, 3.05) is 24.3 Å². The van der Waals surface area contributed by atoms with Crippen molar-refractivity contribution >= 4 is 41.0 Å². The summed E-state index contributed by atoms with van der Waals surface area (Å²) in [5, 5.41) is 6.44. The highest BCUT2D eigenvalue weighted by Gasteiger charge is 2.55. The van der Waals surface area contributed by atoms with Crippen molar-refractivity contribution in [3.63, 3.8) is 0 Å². The number of likely N-dealkylation sites (N-methyl/N-ethyl adjacent to an activating group) is 1. The Morgan fingerprint density at radius 3 is 2.57 bits per heavy atom. The predicted molar refractivity (Wildman–Crippen MR) is 142 cm³/mol. The van der Waals surface area contributed by atoms with Gasteiger partial charge in [0, 0.05) is 43.4 Å². The SMILES string of the molecule is CC[C@@H](NC(=O)N1C(=O)[C@H](Cc2ccnc(NC)c2)[C@H]1C(=O)N(C)c1ccncc1)c1cccc(Cl)c1. The zero-order valence-corrected chi connectivity index (χ0v) is 21.6. The third-order valence-electron chi connectivity index (χ3n) is 6.56. The van der Waals surface area contributed by atoms with Crippen LogP contribution in [-0.4, -0.2) is 52.9 Å². The van der Waals surface area contributed by atoms with E-state index in [2.05, 4.69) is 20.6 Å². The molecule has 4 rings (SSSR count). The van der Waals surface area contributed by atoms with E-state index in [1.165, 1.54) is 4.90 Å². The quantitative estimate of drug-likeness (QED) is 0.434. The van der Waals surface area contributed by atoms with E-state index in [1.807, 2.05) is 19.1 Å². The van der Waals surface area contributed by atoms with Crippen LogP contribution in [0.2, 0.25) is 5.02 Å². The molecule has 1 saturated heterocycles. The third kappa shape index (κ3) is 5.56. The molecule has 3 aromatic rings. The summed E-state index contributed by atoms with van der Waals surface area (Å²) >= 11 is 6.14. The fourth-order valence-corrected chi connectivity index (χ4v) is 4.70. The van der Waals surface area contributed by atoms with Crippen LogP contribution in [0.15, 0.2) is 67.1 Å². The van der Waals surface area contributed by atoms with Gasteiger partial charge < -0.3 is 15.5 Å². The molecule has 4 amide bonds. The van der Waals surface area contributed by atoms with E-state index < -0.39 is 23.9 Å². The van der Waals surface area contributed by atoms with E-state index in [1.54, 1.807) is 69.1 Å². The number of halogens is 1. The lowest BCUT2D eigenvalue weighted by atomic mass is 9.81. The number of benzene rings is 1. The Hall–Kier alpha value is -3.98. The number of nitrogens with zero attached hydrogens (tertiary/aromatic N) is 4. The smallest absolute Gasteiger partial charge is 0.325 e. The summed E-state index contributed by atoms with van der Waals surface area (Å²) in [4.78, 5) is 51.1. The molecular formula is C27H29ClN6O3. The van der Waals surface area contributed by atoms with Gasteiger partial charge >= 0.3 is 6.03 Å². The van der Waals surface area contributed by atoms with Gasteiger partial charge in [-0.05, 0) is 60.4 Å². The van der Waals surface area contributed by atoms with Crippen LogP contribution in [-0.2, 0) is 16.0 Å². The van der Waals surface area contributed by atoms with Crippen molar-refractivity contribution < 1.29 is 14.4 Å². The van der Waals surface area contributed by atoms with Crippen molar-refractivity contribution in [2.24, 2.45) is 5.92 Å². The maximum atomic E-state index is 13.7. The number of hydrogen-bond donors (Lipinski definition) is 2. The molecule has 37 heavy (non-hydrogen) atoms. The van der Waals surface area contributed by atoms with Crippen LogP contribution in [0.5, 0.6) is 0 Å². The minimum Gasteiger partial charge on any atom is -0.373 e. The molecule has 1 aromatic carbocycles. The number of likely N-dealkylation sites (tertiary alicyclic amines) is 1. The van der Waals surface area contributed by atoms with Gasteiger partial charge in [0.15, 0.2) is 0 Å². The van der Waals surface area contributed by atoms with Crippen LogP contribution in [0.25, 0.3) is 0 Å². The number of β-lactam (4-membered cyclic amide) rings is 1. The Morgan fingerprint density at radius 1 is 1.14 bits per heavy atom. The molecule has 0 radical (unpaired) electrons. The number of urea groups is 1. The van der Waals surface area contributed by atoms with Crippen LogP contribution < -0.4 is 15.5 Å². The van der Waals surface area contributed by atoms with E-state index in [-0.39, 0.29) is 11.9 Å². The fourth-order valence-electron chi connectivity index (χ4n) is 4.50. The maximum absolute atomic E-state index is 13.7. The number of anilines is 2. The first-order chi connectivity index (χ1) is 17.8. The average Bonchev–Trinajstić information content (AvgIpc) is 2.92. The van der Waals surface area contributed by atoms with Gasteiger partial charge in [-0.1, -0.05) is 30.7 Å². The number of carbonyl (C=O) groups is 3. The number of rotatable bonds is 8. The minimum absolute atomic E-state index is 0.298. The van der Waals surface area contributed by atoms with Gasteiger partial charge in [-0.2, -0.15) is 0 Å². The van der Waals surface area contributed by atoms with E-state index >= 15 is 0 Å². The molecule has 3 atom stereocenters. The molecular weight excluding hydrogens is 492 g/mol. The second kappa shape index (κ2) is 11.4. The maximum Gasteiger partial charge on any atom is 0.325 e. The summed E-state index contributed by atoms with van der Waals surface area (Å²) in [6.45, 7) is 1.93. The van der Waals surface area contributed by atoms with E-state index in [0.29, 0.717) is 29.4 Å². The molecule has 1 fully saturated rings. The van der Waals surface area contributed by atoms with Crippen molar-refractivity contribution in [2.45, 2.75) is 31.8 Å². The summed E-state index contributed by atoms with van der Waals surface area (Å²) in [5.74, 6) is -0.795. The number of amides is 4. The van der Waals surface area contributed by atoms with Crippen molar-refractivity contribution in [3.05, 3.63) is 83.3 Å². The van der Waals surface area contributed by atoms with Gasteiger partial charge in [0.25, 0.3) is 5.91 Å². The van der Waals surface area contributed by atoms with Gasteiger partial charge in [-0.3, -0.25) is 19.5 Å². The molecule has 9 nitrogen and oxygen atoms in total. The Balaban J connectivity index is 1.60. The van der Waals surface area contributed by atoms with Crippen LogP contribution in [0.4, 0.5) is 16.3 Å². The molecule has 1 aliphatic rings. The molecule has 192 valence electrons. The third-order valence-corrected chi connectivity index (χ3v) is 6.79. The zero-order valence-electron chi connectivity index (χ0n) is 20.9. The van der Waals surface area contributed by atoms with E-state index in [9.17, 15) is 14.4 Å². The Kier molecular flexibility index (Phi) is 8.03. The number of nitrogens with one attached hydrogen (secondary N) is 2. The summed E-state index contributed by atoms with van der Waals surface area (Å²) < 4.78 is 0. The highest BCUT2D eigenvalue weighted by Crippen LogP contribution is 2.33. The number of carbonyl (C=O) groups excluding carboxylic acids is 3. The summed E-state index contributed by atoms with van der Waals surface area (Å²) in [5.41, 5.74) is 2.28. The normalized spacial score (nSPS) is 17.5. The van der Waals surface area contributed by atoms with Gasteiger partial charge in [0.1, 0.15) is 11.9 Å². The van der Waals surface area contributed by atoms with Gasteiger partial charge in [0.05, 0.1) is 12.0 Å². The lowest BCUT2D eigenvalue weighted by Gasteiger charge is -2.46. The summed E-state index contributed by atoms with van der Waals surface area (Å²) in [6.07, 6.45) is 5.69. The molecule has 0 unspecified atom stereocenters. The number of imide groups is 1. The first-order valence-electron chi connectivity index (χ1n) is 12.0. The van der Waals surface area contributed by atoms with E-state index in [0.717, 1.165) is 16.0 Å². The molecule has 0 spiro atoms. The number of hydrogen-bond acceptors (Lipinski definition) is 6. The van der Waals surface area contributed by atoms with Crippen LogP contribution in [0, 0.1) is 5.92 Å². The zero-order chi connectivity index (χ0) is 26.5. The number of aromatic nitrogens is 2. The Bertz CT molecular complexity index is 1290. The Labute approximate surface area is 220 Å². The molecule has 2 aromatic heterocycles.